The average molecular weight is 277 g/mol. The van der Waals surface area contributed by atoms with E-state index in [1.807, 2.05) is 6.92 Å². The van der Waals surface area contributed by atoms with E-state index in [1.54, 1.807) is 24.3 Å². The first-order valence-corrected chi connectivity index (χ1v) is 6.80. The summed E-state index contributed by atoms with van der Waals surface area (Å²) in [5.74, 6) is -1.04. The lowest BCUT2D eigenvalue weighted by Crippen LogP contribution is -2.35. The second-order valence-corrected chi connectivity index (χ2v) is 4.97. The van der Waals surface area contributed by atoms with Crippen LogP contribution in [0.4, 0.5) is 0 Å². The Balaban J connectivity index is 1.87. The predicted octanol–water partition coefficient (Wildman–Crippen LogP) is 1.47. The summed E-state index contributed by atoms with van der Waals surface area (Å²) in [4.78, 5) is 23.0. The van der Waals surface area contributed by atoms with Crippen LogP contribution in [-0.4, -0.2) is 36.2 Å². The Morgan fingerprint density at radius 2 is 2.15 bits per heavy atom. The van der Waals surface area contributed by atoms with Crippen molar-refractivity contribution in [1.82, 2.24) is 5.32 Å². The van der Waals surface area contributed by atoms with Crippen molar-refractivity contribution in [2.75, 3.05) is 13.2 Å². The fourth-order valence-corrected chi connectivity index (χ4v) is 2.47. The normalized spacial score (nSPS) is 21.6. The number of carbonyl (C=O) groups excluding carboxylic acids is 1. The second kappa shape index (κ2) is 6.52. The Kier molecular flexibility index (Phi) is 4.74. The van der Waals surface area contributed by atoms with Crippen LogP contribution in [0.1, 0.15) is 29.3 Å². The quantitative estimate of drug-likeness (QED) is 0.854. The molecule has 0 bridgehead atoms. The maximum Gasteiger partial charge on any atom is 0.335 e. The molecule has 2 N–H and O–H groups in total. The van der Waals surface area contributed by atoms with E-state index < -0.39 is 5.97 Å². The summed E-state index contributed by atoms with van der Waals surface area (Å²) < 4.78 is 5.36. The van der Waals surface area contributed by atoms with Gasteiger partial charge in [-0.3, -0.25) is 4.79 Å². The first-order chi connectivity index (χ1) is 9.59. The van der Waals surface area contributed by atoms with Gasteiger partial charge in [0.25, 0.3) is 0 Å². The van der Waals surface area contributed by atoms with Crippen LogP contribution >= 0.6 is 0 Å². The minimum absolute atomic E-state index is 0.0113. The topological polar surface area (TPSA) is 75.6 Å². The van der Waals surface area contributed by atoms with Crippen molar-refractivity contribution in [3.05, 3.63) is 35.4 Å². The Labute approximate surface area is 117 Å². The maximum atomic E-state index is 12.0. The van der Waals surface area contributed by atoms with Gasteiger partial charge in [-0.2, -0.15) is 0 Å². The molecular formula is C15H19NO4. The van der Waals surface area contributed by atoms with E-state index in [-0.39, 0.29) is 17.9 Å². The number of carboxylic acids is 1. The lowest BCUT2D eigenvalue weighted by molar-refractivity contribution is -0.126. The Morgan fingerprint density at radius 3 is 2.80 bits per heavy atom. The van der Waals surface area contributed by atoms with Crippen LogP contribution in [0.3, 0.4) is 0 Å². The van der Waals surface area contributed by atoms with E-state index in [0.29, 0.717) is 25.1 Å². The maximum absolute atomic E-state index is 12.0. The third-order valence-electron chi connectivity index (χ3n) is 3.65. The molecule has 5 nitrogen and oxygen atoms in total. The molecule has 2 unspecified atom stereocenters. The highest BCUT2D eigenvalue weighted by molar-refractivity contribution is 5.89. The lowest BCUT2D eigenvalue weighted by Gasteiger charge is -2.14. The summed E-state index contributed by atoms with van der Waals surface area (Å²) >= 11 is 0. The van der Waals surface area contributed by atoms with Gasteiger partial charge >= 0.3 is 5.97 Å². The Hall–Kier alpha value is -1.88. The molecule has 2 rings (SSSR count). The van der Waals surface area contributed by atoms with Crippen LogP contribution in [0, 0.1) is 5.92 Å². The molecule has 0 saturated carbocycles. The number of aromatic carboxylic acids is 1. The van der Waals surface area contributed by atoms with Crippen molar-refractivity contribution in [2.45, 2.75) is 25.9 Å². The molecule has 0 aromatic heterocycles. The summed E-state index contributed by atoms with van der Waals surface area (Å²) in [5, 5.41) is 11.9. The fourth-order valence-electron chi connectivity index (χ4n) is 2.47. The smallest absolute Gasteiger partial charge is 0.335 e. The molecule has 1 heterocycles. The van der Waals surface area contributed by atoms with Crippen LogP contribution in [0.5, 0.6) is 0 Å². The van der Waals surface area contributed by atoms with Gasteiger partial charge in [0, 0.05) is 13.2 Å². The highest BCUT2D eigenvalue weighted by Crippen LogP contribution is 2.20. The molecule has 1 aromatic carbocycles. The largest absolute Gasteiger partial charge is 0.478 e. The minimum Gasteiger partial charge on any atom is -0.478 e. The van der Waals surface area contributed by atoms with Gasteiger partial charge in [0.05, 0.1) is 17.6 Å². The number of hydrogen-bond donors (Lipinski definition) is 2. The summed E-state index contributed by atoms with van der Waals surface area (Å²) in [6.07, 6.45) is 1.22. The number of benzene rings is 1. The first kappa shape index (κ1) is 14.5. The standard InChI is InChI=1S/C15H19NO4/c1-10-12(7-9-20-10)14(17)16-8-6-11-4-2-3-5-13(11)15(18)19/h2-5,10,12H,6-9H2,1H3,(H,16,17)(H,18,19). The van der Waals surface area contributed by atoms with Crippen LogP contribution in [-0.2, 0) is 16.0 Å². The SMILES string of the molecule is CC1OCCC1C(=O)NCCc1ccccc1C(=O)O. The number of ether oxygens (including phenoxy) is 1. The summed E-state index contributed by atoms with van der Waals surface area (Å²) in [7, 11) is 0. The molecule has 2 atom stereocenters. The predicted molar refractivity (Wildman–Crippen MR) is 73.6 cm³/mol. The fraction of sp³-hybridized carbons (Fsp3) is 0.467. The van der Waals surface area contributed by atoms with E-state index >= 15 is 0 Å². The third-order valence-corrected chi connectivity index (χ3v) is 3.65. The molecule has 1 aromatic rings. The van der Waals surface area contributed by atoms with Crippen molar-refractivity contribution in [2.24, 2.45) is 5.92 Å². The van der Waals surface area contributed by atoms with Crippen LogP contribution in [0.2, 0.25) is 0 Å². The zero-order valence-corrected chi connectivity index (χ0v) is 11.5. The average Bonchev–Trinajstić information content (AvgIpc) is 2.85. The molecule has 5 heteroatoms. The number of carbonyl (C=O) groups is 2. The molecule has 1 aliphatic rings. The monoisotopic (exact) mass is 277 g/mol. The van der Waals surface area contributed by atoms with E-state index in [0.717, 1.165) is 12.0 Å². The molecule has 0 radical (unpaired) electrons. The number of nitrogens with one attached hydrogen (secondary N) is 1. The number of rotatable bonds is 5. The molecule has 1 fully saturated rings. The molecule has 0 spiro atoms. The number of carboxylic acid groups (broad SMARTS) is 1. The van der Waals surface area contributed by atoms with E-state index in [2.05, 4.69) is 5.32 Å². The molecule has 20 heavy (non-hydrogen) atoms. The molecule has 1 aliphatic heterocycles. The van der Waals surface area contributed by atoms with Crippen molar-refractivity contribution < 1.29 is 19.4 Å². The van der Waals surface area contributed by atoms with Gasteiger partial charge < -0.3 is 15.2 Å². The second-order valence-electron chi connectivity index (χ2n) is 4.97. The van der Waals surface area contributed by atoms with E-state index in [4.69, 9.17) is 9.84 Å². The van der Waals surface area contributed by atoms with E-state index in [9.17, 15) is 9.59 Å². The molecule has 108 valence electrons. The van der Waals surface area contributed by atoms with Gasteiger partial charge in [-0.05, 0) is 31.4 Å². The number of amides is 1. The van der Waals surface area contributed by atoms with Crippen LogP contribution < -0.4 is 5.32 Å². The lowest BCUT2D eigenvalue weighted by atomic mass is 10.0. The van der Waals surface area contributed by atoms with Crippen molar-refractivity contribution in [1.29, 1.82) is 0 Å². The molecule has 1 saturated heterocycles. The zero-order valence-electron chi connectivity index (χ0n) is 11.5. The van der Waals surface area contributed by atoms with Crippen LogP contribution in [0.15, 0.2) is 24.3 Å². The number of hydrogen-bond acceptors (Lipinski definition) is 3. The minimum atomic E-state index is -0.940. The molecular weight excluding hydrogens is 258 g/mol. The summed E-state index contributed by atoms with van der Waals surface area (Å²) in [6.45, 7) is 2.96. The van der Waals surface area contributed by atoms with E-state index in [1.165, 1.54) is 0 Å². The first-order valence-electron chi connectivity index (χ1n) is 6.80. The van der Waals surface area contributed by atoms with Gasteiger partial charge in [-0.1, -0.05) is 18.2 Å². The van der Waals surface area contributed by atoms with Crippen molar-refractivity contribution in [3.8, 4) is 0 Å². The van der Waals surface area contributed by atoms with Crippen LogP contribution in [0.25, 0.3) is 0 Å². The Bertz CT molecular complexity index is 500. The Morgan fingerprint density at radius 1 is 1.40 bits per heavy atom. The highest BCUT2D eigenvalue weighted by atomic mass is 16.5. The molecule has 0 aliphatic carbocycles. The van der Waals surface area contributed by atoms with Gasteiger partial charge in [-0.15, -0.1) is 0 Å². The summed E-state index contributed by atoms with van der Waals surface area (Å²) in [6, 6.07) is 6.85. The van der Waals surface area contributed by atoms with Gasteiger partial charge in [0.15, 0.2) is 0 Å². The van der Waals surface area contributed by atoms with Gasteiger partial charge in [0.1, 0.15) is 0 Å². The van der Waals surface area contributed by atoms with Crippen molar-refractivity contribution >= 4 is 11.9 Å². The zero-order chi connectivity index (χ0) is 14.5. The highest BCUT2D eigenvalue weighted by Gasteiger charge is 2.30. The van der Waals surface area contributed by atoms with Gasteiger partial charge in [-0.25, -0.2) is 4.79 Å². The summed E-state index contributed by atoms with van der Waals surface area (Å²) in [5.41, 5.74) is 1.02. The molecule has 1 amide bonds. The van der Waals surface area contributed by atoms with Gasteiger partial charge in [0.2, 0.25) is 5.91 Å². The van der Waals surface area contributed by atoms with Crippen molar-refractivity contribution in [3.63, 3.8) is 0 Å². The third kappa shape index (κ3) is 3.36.